The first-order chi connectivity index (χ1) is 17.7. The molecule has 0 saturated heterocycles. The third-order valence-electron chi connectivity index (χ3n) is 6.50. The summed E-state index contributed by atoms with van der Waals surface area (Å²) in [5, 5.41) is 15.0. The van der Waals surface area contributed by atoms with Crippen molar-refractivity contribution >= 4 is 27.7 Å². The number of aromatic nitrogens is 2. The molecule has 3 N–H and O–H groups in total. The van der Waals surface area contributed by atoms with Gasteiger partial charge in [-0.05, 0) is 48.4 Å². The molecular weight excluding hydrogens is 454 g/mol. The molecule has 0 spiro atoms. The van der Waals surface area contributed by atoms with Crippen LogP contribution in [0.2, 0.25) is 0 Å². The Hall–Kier alpha value is -4.36. The van der Waals surface area contributed by atoms with E-state index < -0.39 is 6.04 Å². The predicted molar refractivity (Wildman–Crippen MR) is 139 cm³/mol. The molecule has 0 fully saturated rings. The number of nitrogens with zero attached hydrogens (tertiary/aromatic N) is 1. The van der Waals surface area contributed by atoms with Crippen LogP contribution in [0.1, 0.15) is 15.9 Å². The minimum atomic E-state index is -0.443. The summed E-state index contributed by atoms with van der Waals surface area (Å²) in [5.74, 6) is 1.11. The highest BCUT2D eigenvalue weighted by Crippen LogP contribution is 2.35. The lowest BCUT2D eigenvalue weighted by atomic mass is 10.0. The monoisotopic (exact) mass is 479 g/mol. The van der Waals surface area contributed by atoms with Crippen LogP contribution in [0.3, 0.4) is 0 Å². The lowest BCUT2D eigenvalue weighted by molar-refractivity contribution is 0.0918. The molecule has 7 heteroatoms. The van der Waals surface area contributed by atoms with Gasteiger partial charge in [0.2, 0.25) is 0 Å². The summed E-state index contributed by atoms with van der Waals surface area (Å²) in [4.78, 5) is 21.6. The van der Waals surface area contributed by atoms with Gasteiger partial charge in [-0.25, -0.2) is 4.98 Å². The van der Waals surface area contributed by atoms with Gasteiger partial charge in [0, 0.05) is 28.0 Å². The zero-order chi connectivity index (χ0) is 24.5. The number of benzene rings is 3. The van der Waals surface area contributed by atoms with Gasteiger partial charge < -0.3 is 24.9 Å². The van der Waals surface area contributed by atoms with Crippen molar-refractivity contribution in [3.63, 3.8) is 0 Å². The van der Waals surface area contributed by atoms with Crippen molar-refractivity contribution in [3.8, 4) is 22.8 Å². The van der Waals surface area contributed by atoms with Crippen LogP contribution in [0.5, 0.6) is 11.5 Å². The largest absolute Gasteiger partial charge is 0.486 e. The molecule has 0 bridgehead atoms. The van der Waals surface area contributed by atoms with Gasteiger partial charge in [0.15, 0.2) is 11.5 Å². The van der Waals surface area contributed by atoms with Gasteiger partial charge in [0.05, 0.1) is 29.4 Å². The van der Waals surface area contributed by atoms with E-state index in [0.29, 0.717) is 47.9 Å². The molecule has 180 valence electrons. The Morgan fingerprint density at radius 3 is 2.61 bits per heavy atom. The number of pyridine rings is 1. The van der Waals surface area contributed by atoms with Crippen molar-refractivity contribution in [3.05, 3.63) is 90.1 Å². The molecule has 1 atom stereocenters. The summed E-state index contributed by atoms with van der Waals surface area (Å²) >= 11 is 0. The first-order valence-electron chi connectivity index (χ1n) is 12.0. The summed E-state index contributed by atoms with van der Waals surface area (Å²) in [5.41, 5.74) is 4.78. The third kappa shape index (κ3) is 4.14. The van der Waals surface area contributed by atoms with Gasteiger partial charge >= 0.3 is 0 Å². The Morgan fingerprint density at radius 1 is 0.972 bits per heavy atom. The number of aliphatic hydroxyl groups excluding tert-OH is 1. The number of amides is 1. The number of ether oxygens (including phenoxy) is 2. The molecular formula is C29H25N3O4. The van der Waals surface area contributed by atoms with Crippen molar-refractivity contribution < 1.29 is 19.4 Å². The Bertz CT molecular complexity index is 1580. The molecule has 3 aromatic carbocycles. The van der Waals surface area contributed by atoms with Crippen molar-refractivity contribution in [2.75, 3.05) is 19.8 Å². The molecule has 1 aliphatic heterocycles. The third-order valence-corrected chi connectivity index (χ3v) is 6.50. The number of hydrogen-bond donors (Lipinski definition) is 3. The predicted octanol–water partition coefficient (Wildman–Crippen LogP) is 4.49. The number of fused-ring (bicyclic) bond motifs is 3. The highest BCUT2D eigenvalue weighted by Gasteiger charge is 2.20. The lowest BCUT2D eigenvalue weighted by Crippen LogP contribution is -2.39. The number of H-pyrrole nitrogens is 1. The van der Waals surface area contributed by atoms with E-state index in [1.165, 1.54) is 0 Å². The molecule has 3 heterocycles. The van der Waals surface area contributed by atoms with E-state index in [0.717, 1.165) is 27.4 Å². The Kier molecular flexibility index (Phi) is 5.75. The maximum Gasteiger partial charge on any atom is 0.252 e. The first-order valence-corrected chi connectivity index (χ1v) is 12.0. The molecule has 0 saturated carbocycles. The van der Waals surface area contributed by atoms with Gasteiger partial charge in [-0.2, -0.15) is 0 Å². The number of carbonyl (C=O) groups excluding carboxylic acids is 1. The summed E-state index contributed by atoms with van der Waals surface area (Å²) in [7, 11) is 0. The van der Waals surface area contributed by atoms with Gasteiger partial charge in [0.1, 0.15) is 13.2 Å². The molecule has 36 heavy (non-hydrogen) atoms. The number of aromatic amines is 1. The number of nitrogens with one attached hydrogen (secondary N) is 2. The molecule has 1 aliphatic rings. The van der Waals surface area contributed by atoms with Crippen LogP contribution in [-0.4, -0.2) is 46.8 Å². The molecule has 5 aromatic rings. The van der Waals surface area contributed by atoms with E-state index in [1.807, 2.05) is 72.9 Å². The van der Waals surface area contributed by atoms with Gasteiger partial charge in [-0.3, -0.25) is 4.79 Å². The standard InChI is InChI=1S/C29H25N3O4/c33-17-20(13-19-16-30-24-7-3-1-5-21(19)24)31-29(34)23-15-26(32-25-8-4-2-6-22(23)25)18-9-10-27-28(14-18)36-12-11-35-27/h1-10,14-16,20,30,33H,11-13,17H2,(H,31,34)/t20-/m1/s1. The van der Waals surface area contributed by atoms with Crippen LogP contribution in [-0.2, 0) is 6.42 Å². The molecule has 7 nitrogen and oxygen atoms in total. The summed E-state index contributed by atoms with van der Waals surface area (Å²) in [6.07, 6.45) is 2.44. The number of rotatable bonds is 6. The number of aliphatic hydroxyl groups is 1. The van der Waals surface area contributed by atoms with Crippen LogP contribution in [0.4, 0.5) is 0 Å². The highest BCUT2D eigenvalue weighted by molar-refractivity contribution is 6.07. The minimum Gasteiger partial charge on any atom is -0.486 e. The second-order valence-corrected chi connectivity index (χ2v) is 8.85. The zero-order valence-electron chi connectivity index (χ0n) is 19.5. The van der Waals surface area contributed by atoms with E-state index in [4.69, 9.17) is 14.5 Å². The Balaban J connectivity index is 1.33. The Morgan fingerprint density at radius 2 is 1.75 bits per heavy atom. The lowest BCUT2D eigenvalue weighted by Gasteiger charge is -2.19. The fourth-order valence-corrected chi connectivity index (χ4v) is 4.70. The smallest absolute Gasteiger partial charge is 0.252 e. The van der Waals surface area contributed by atoms with Crippen LogP contribution in [0, 0.1) is 0 Å². The normalized spacial score (nSPS) is 13.6. The molecule has 0 unspecified atom stereocenters. The highest BCUT2D eigenvalue weighted by atomic mass is 16.6. The Labute approximate surface area is 207 Å². The van der Waals surface area contributed by atoms with Crippen LogP contribution < -0.4 is 14.8 Å². The molecule has 0 radical (unpaired) electrons. The summed E-state index contributed by atoms with van der Waals surface area (Å²) in [6, 6.07) is 22.6. The van der Waals surface area contributed by atoms with Gasteiger partial charge in [0.25, 0.3) is 5.91 Å². The summed E-state index contributed by atoms with van der Waals surface area (Å²) in [6.45, 7) is 0.840. The number of hydrogen-bond acceptors (Lipinski definition) is 5. The van der Waals surface area contributed by atoms with E-state index in [1.54, 1.807) is 6.07 Å². The number of para-hydroxylation sites is 2. The van der Waals surface area contributed by atoms with Crippen LogP contribution in [0.15, 0.2) is 79.0 Å². The van der Waals surface area contributed by atoms with E-state index in [2.05, 4.69) is 10.3 Å². The zero-order valence-corrected chi connectivity index (χ0v) is 19.5. The van der Waals surface area contributed by atoms with Crippen molar-refractivity contribution in [2.24, 2.45) is 0 Å². The second kappa shape index (κ2) is 9.36. The van der Waals surface area contributed by atoms with Crippen molar-refractivity contribution in [2.45, 2.75) is 12.5 Å². The number of carbonyl (C=O) groups is 1. The van der Waals surface area contributed by atoms with E-state index >= 15 is 0 Å². The van der Waals surface area contributed by atoms with Crippen molar-refractivity contribution in [1.82, 2.24) is 15.3 Å². The molecule has 2 aromatic heterocycles. The summed E-state index contributed by atoms with van der Waals surface area (Å²) < 4.78 is 11.4. The fourth-order valence-electron chi connectivity index (χ4n) is 4.70. The maximum absolute atomic E-state index is 13.5. The van der Waals surface area contributed by atoms with Crippen LogP contribution in [0.25, 0.3) is 33.1 Å². The van der Waals surface area contributed by atoms with Crippen molar-refractivity contribution in [1.29, 1.82) is 0 Å². The fraction of sp³-hybridized carbons (Fsp3) is 0.172. The minimum absolute atomic E-state index is 0.177. The molecule has 0 aliphatic carbocycles. The maximum atomic E-state index is 13.5. The average Bonchev–Trinajstić information content (AvgIpc) is 3.34. The van der Waals surface area contributed by atoms with E-state index in [-0.39, 0.29) is 12.5 Å². The molecule has 6 rings (SSSR count). The van der Waals surface area contributed by atoms with Crippen LogP contribution >= 0.6 is 0 Å². The topological polar surface area (TPSA) is 96.5 Å². The van der Waals surface area contributed by atoms with E-state index in [9.17, 15) is 9.90 Å². The van der Waals surface area contributed by atoms with Gasteiger partial charge in [-0.15, -0.1) is 0 Å². The second-order valence-electron chi connectivity index (χ2n) is 8.85. The molecule has 1 amide bonds. The SMILES string of the molecule is O=C(N[C@@H](CO)Cc1c[nH]c2ccccc12)c1cc(-c2ccc3c(c2)OCCO3)nc2ccccc12. The average molecular weight is 480 g/mol. The quantitative estimate of drug-likeness (QED) is 0.334. The van der Waals surface area contributed by atoms with Gasteiger partial charge in [-0.1, -0.05) is 36.4 Å². The first kappa shape index (κ1) is 22.1.